The molecule has 0 aromatic carbocycles. The van der Waals surface area contributed by atoms with E-state index in [9.17, 15) is 29.4 Å². The van der Waals surface area contributed by atoms with Crippen molar-refractivity contribution >= 4 is 36.3 Å². The summed E-state index contributed by atoms with van der Waals surface area (Å²) in [6.07, 6.45) is 11.2. The summed E-state index contributed by atoms with van der Waals surface area (Å²) in [7, 11) is 0. The van der Waals surface area contributed by atoms with Crippen LogP contribution in [0, 0.1) is 17.3 Å². The van der Waals surface area contributed by atoms with Crippen molar-refractivity contribution in [3.05, 3.63) is 24.3 Å². The molecule has 0 saturated heterocycles. The van der Waals surface area contributed by atoms with Crippen LogP contribution in [0.3, 0.4) is 0 Å². The van der Waals surface area contributed by atoms with Gasteiger partial charge in [0.05, 0.1) is 12.2 Å². The first-order valence-corrected chi connectivity index (χ1v) is 13.4. The Bertz CT molecular complexity index is 795. The average Bonchev–Trinajstić information content (AvgIpc) is 3.08. The molecule has 10 heteroatoms. The number of amides is 1. The largest absolute Gasteiger partial charge is 0.481 e. The Kier molecular flexibility index (Phi) is 17.1. The van der Waals surface area contributed by atoms with E-state index in [0.717, 1.165) is 19.3 Å². The number of allylic oxidation sites excluding steroid dienone is 2. The van der Waals surface area contributed by atoms with Gasteiger partial charge in [0, 0.05) is 37.4 Å². The van der Waals surface area contributed by atoms with Crippen LogP contribution in [-0.2, 0) is 19.2 Å². The second kappa shape index (κ2) is 18.1. The van der Waals surface area contributed by atoms with E-state index in [2.05, 4.69) is 24.9 Å². The number of carboxylic acid groups (broad SMARTS) is 2. The lowest BCUT2D eigenvalue weighted by atomic mass is 9.80. The maximum absolute atomic E-state index is 12.2. The molecule has 0 bridgehead atoms. The lowest BCUT2D eigenvalue weighted by molar-refractivity contribution is -0.140. The molecule has 1 fully saturated rings. The van der Waals surface area contributed by atoms with Gasteiger partial charge in [-0.2, -0.15) is 12.6 Å². The van der Waals surface area contributed by atoms with E-state index in [1.165, 1.54) is 6.92 Å². The molecule has 0 radical (unpaired) electrons. The van der Waals surface area contributed by atoms with Gasteiger partial charge in [0.25, 0.3) is 0 Å². The number of ketones is 1. The van der Waals surface area contributed by atoms with E-state index in [0.29, 0.717) is 19.3 Å². The van der Waals surface area contributed by atoms with Crippen molar-refractivity contribution in [1.29, 1.82) is 0 Å². The Morgan fingerprint density at radius 3 is 2.32 bits per heavy atom. The SMILES string of the molecule is CC(=O)N[C@@H](CS)C(=O)O.CCCCC(C)(C)[C@H](O)/C=C/[C@H]1[C@H](O)CC(=O)[C@@H]1C/C=C\CCCC(=O)O. The maximum Gasteiger partial charge on any atom is 0.327 e. The summed E-state index contributed by atoms with van der Waals surface area (Å²) in [5.74, 6) is -2.63. The second-order valence-electron chi connectivity index (χ2n) is 10.1. The number of hydrogen-bond acceptors (Lipinski definition) is 7. The van der Waals surface area contributed by atoms with Gasteiger partial charge in [-0.25, -0.2) is 4.79 Å². The molecule has 0 aromatic rings. The van der Waals surface area contributed by atoms with E-state index >= 15 is 0 Å². The van der Waals surface area contributed by atoms with Crippen molar-refractivity contribution in [3.63, 3.8) is 0 Å². The Balaban J connectivity index is 0.00000109. The number of aliphatic carboxylic acids is 2. The summed E-state index contributed by atoms with van der Waals surface area (Å²) >= 11 is 3.73. The van der Waals surface area contributed by atoms with E-state index in [1.54, 1.807) is 6.08 Å². The number of carbonyl (C=O) groups is 4. The Morgan fingerprint density at radius 2 is 1.84 bits per heavy atom. The molecular weight excluding hydrogens is 498 g/mol. The number of rotatable bonds is 15. The normalized spacial score (nSPS) is 21.5. The van der Waals surface area contributed by atoms with Gasteiger partial charge >= 0.3 is 11.9 Å². The molecule has 0 spiro atoms. The summed E-state index contributed by atoms with van der Waals surface area (Å²) in [5, 5.41) is 39.9. The second-order valence-corrected chi connectivity index (χ2v) is 10.5. The minimum Gasteiger partial charge on any atom is -0.481 e. The summed E-state index contributed by atoms with van der Waals surface area (Å²) in [6, 6.07) is -0.874. The predicted octanol–water partition coefficient (Wildman–Crippen LogP) is 3.39. The molecule has 0 aliphatic heterocycles. The first-order valence-electron chi connectivity index (χ1n) is 12.8. The molecule has 212 valence electrons. The third-order valence-electron chi connectivity index (χ3n) is 6.40. The number of unbranched alkanes of at least 4 members (excludes halogenated alkanes) is 2. The van der Waals surface area contributed by atoms with Crippen LogP contribution in [0.2, 0.25) is 0 Å². The molecule has 5 N–H and O–H groups in total. The molecule has 1 saturated carbocycles. The van der Waals surface area contributed by atoms with E-state index in [4.69, 9.17) is 10.2 Å². The zero-order valence-corrected chi connectivity index (χ0v) is 23.3. The summed E-state index contributed by atoms with van der Waals surface area (Å²) in [5.41, 5.74) is -0.236. The molecule has 1 aliphatic rings. The van der Waals surface area contributed by atoms with Crippen LogP contribution < -0.4 is 5.32 Å². The van der Waals surface area contributed by atoms with Crippen LogP contribution in [0.4, 0.5) is 0 Å². The molecule has 0 unspecified atom stereocenters. The monoisotopic (exact) mass is 543 g/mol. The van der Waals surface area contributed by atoms with Crippen LogP contribution in [0.5, 0.6) is 0 Å². The number of thiol groups is 1. The zero-order chi connectivity index (χ0) is 28.6. The minimum atomic E-state index is -1.06. The highest BCUT2D eigenvalue weighted by atomic mass is 32.1. The van der Waals surface area contributed by atoms with Crippen molar-refractivity contribution in [2.75, 3.05) is 5.75 Å². The van der Waals surface area contributed by atoms with E-state index in [1.807, 2.05) is 32.1 Å². The fourth-order valence-electron chi connectivity index (χ4n) is 3.96. The fourth-order valence-corrected chi connectivity index (χ4v) is 4.21. The summed E-state index contributed by atoms with van der Waals surface area (Å²) < 4.78 is 0. The van der Waals surface area contributed by atoms with Crippen LogP contribution in [0.1, 0.15) is 79.1 Å². The lowest BCUT2D eigenvalue weighted by Crippen LogP contribution is -2.40. The average molecular weight is 544 g/mol. The van der Waals surface area contributed by atoms with Crippen molar-refractivity contribution in [2.45, 2.75) is 97.3 Å². The Morgan fingerprint density at radius 1 is 1.19 bits per heavy atom. The third kappa shape index (κ3) is 14.4. The molecule has 1 amide bonds. The van der Waals surface area contributed by atoms with Crippen LogP contribution >= 0.6 is 12.6 Å². The number of carboxylic acids is 2. The lowest BCUT2D eigenvalue weighted by Gasteiger charge is -2.29. The van der Waals surface area contributed by atoms with Crippen molar-refractivity contribution < 1.29 is 39.6 Å². The van der Waals surface area contributed by atoms with Gasteiger partial charge < -0.3 is 25.7 Å². The first-order chi connectivity index (χ1) is 17.3. The summed E-state index contributed by atoms with van der Waals surface area (Å²) in [4.78, 5) is 43.2. The van der Waals surface area contributed by atoms with E-state index < -0.39 is 30.2 Å². The first kappa shape index (κ1) is 34.8. The quantitative estimate of drug-likeness (QED) is 0.104. The fraction of sp³-hybridized carbons (Fsp3) is 0.704. The number of aliphatic hydroxyl groups is 2. The molecule has 0 aromatic heterocycles. The molecule has 9 nitrogen and oxygen atoms in total. The highest BCUT2D eigenvalue weighted by Gasteiger charge is 2.39. The van der Waals surface area contributed by atoms with Gasteiger partial charge in [-0.15, -0.1) is 0 Å². The number of hydrogen-bond donors (Lipinski definition) is 6. The van der Waals surface area contributed by atoms with Crippen molar-refractivity contribution in [1.82, 2.24) is 5.32 Å². The number of nitrogens with one attached hydrogen (secondary N) is 1. The van der Waals surface area contributed by atoms with Gasteiger partial charge in [-0.3, -0.25) is 14.4 Å². The number of aliphatic hydroxyl groups excluding tert-OH is 2. The number of Topliss-reactive ketones (excluding diaryl/α,β-unsaturated/α-hetero) is 1. The molecule has 5 atom stereocenters. The van der Waals surface area contributed by atoms with Crippen molar-refractivity contribution in [3.8, 4) is 0 Å². The minimum absolute atomic E-state index is 0.0482. The standard InChI is InChI=1S/C22H36O5.C5H9NO3S/c1-4-5-14-22(2,3)20(25)13-12-17-16(18(23)15-19(17)24)10-8-6-7-9-11-21(26)27;1-3(7)6-4(2-10)5(8)9/h6,8,12-13,16-17,19-20,24-25H,4-5,7,9-11,14-15H2,1-3H3,(H,26,27);4,10H,2H2,1H3,(H,6,7)(H,8,9)/b8-6-,13-12+;/t16-,17-,19-,20-;4-/m10/s1. The van der Waals surface area contributed by atoms with Gasteiger partial charge in [-0.1, -0.05) is 57.9 Å². The highest BCUT2D eigenvalue weighted by Crippen LogP contribution is 2.35. The van der Waals surface area contributed by atoms with Gasteiger partial charge in [-0.05, 0) is 31.1 Å². The van der Waals surface area contributed by atoms with Crippen molar-refractivity contribution in [2.24, 2.45) is 17.3 Å². The van der Waals surface area contributed by atoms with E-state index in [-0.39, 0.29) is 47.5 Å². The highest BCUT2D eigenvalue weighted by molar-refractivity contribution is 7.80. The van der Waals surface area contributed by atoms with Gasteiger partial charge in [0.1, 0.15) is 11.8 Å². The predicted molar refractivity (Wildman–Crippen MR) is 145 cm³/mol. The smallest absolute Gasteiger partial charge is 0.327 e. The maximum atomic E-state index is 12.2. The van der Waals surface area contributed by atoms with Gasteiger partial charge in [0.15, 0.2) is 0 Å². The topological polar surface area (TPSA) is 161 Å². The van der Waals surface area contributed by atoms with Crippen LogP contribution in [-0.4, -0.2) is 68.1 Å². The van der Waals surface area contributed by atoms with Crippen LogP contribution in [0.25, 0.3) is 0 Å². The molecular formula is C27H45NO8S. The number of carbonyl (C=O) groups excluding carboxylic acids is 2. The molecule has 1 rings (SSSR count). The Hall–Kier alpha value is -2.17. The Labute approximate surface area is 225 Å². The van der Waals surface area contributed by atoms with Gasteiger partial charge in [0.2, 0.25) is 5.91 Å². The molecule has 1 aliphatic carbocycles. The third-order valence-corrected chi connectivity index (χ3v) is 6.77. The molecule has 0 heterocycles. The van der Waals surface area contributed by atoms with Crippen LogP contribution in [0.15, 0.2) is 24.3 Å². The molecule has 37 heavy (non-hydrogen) atoms. The summed E-state index contributed by atoms with van der Waals surface area (Å²) in [6.45, 7) is 7.45. The zero-order valence-electron chi connectivity index (χ0n) is 22.4.